The second kappa shape index (κ2) is 11.1. The summed E-state index contributed by atoms with van der Waals surface area (Å²) in [5, 5.41) is 5.85. The largest absolute Gasteiger partial charge is 0.481 e. The van der Waals surface area contributed by atoms with Crippen molar-refractivity contribution >= 4 is 40.0 Å². The molecule has 3 N–H and O–H groups in total. The number of benzene rings is 2. The van der Waals surface area contributed by atoms with E-state index in [1.54, 1.807) is 56.3 Å². The van der Waals surface area contributed by atoms with Crippen LogP contribution in [-0.4, -0.2) is 26.7 Å². The third-order valence-corrected chi connectivity index (χ3v) is 5.61. The van der Waals surface area contributed by atoms with Crippen LogP contribution in [-0.2, 0) is 15.8 Å². The van der Waals surface area contributed by atoms with Crippen molar-refractivity contribution in [3.63, 3.8) is 0 Å². The molecule has 3 aromatic rings. The van der Waals surface area contributed by atoms with Crippen LogP contribution in [0.15, 0.2) is 53.6 Å². The summed E-state index contributed by atoms with van der Waals surface area (Å²) in [5.74, 6) is 2.11. The van der Waals surface area contributed by atoms with E-state index in [1.165, 1.54) is 0 Å². The van der Waals surface area contributed by atoms with Crippen LogP contribution in [0.5, 0.6) is 5.75 Å². The third-order valence-electron chi connectivity index (χ3n) is 4.36. The molecule has 0 aliphatic carbocycles. The summed E-state index contributed by atoms with van der Waals surface area (Å²) in [7, 11) is -1.71. The van der Waals surface area contributed by atoms with Gasteiger partial charge in [0.2, 0.25) is 11.9 Å². The van der Waals surface area contributed by atoms with E-state index in [1.807, 2.05) is 0 Å². The van der Waals surface area contributed by atoms with Gasteiger partial charge in [-0.05, 0) is 48.9 Å². The van der Waals surface area contributed by atoms with E-state index in [0.29, 0.717) is 22.0 Å². The molecule has 0 saturated heterocycles. The molecule has 0 radical (unpaired) electrons. The van der Waals surface area contributed by atoms with E-state index in [-0.39, 0.29) is 30.7 Å². The highest BCUT2D eigenvalue weighted by atomic mass is 32.2. The van der Waals surface area contributed by atoms with Crippen molar-refractivity contribution in [1.82, 2.24) is 14.7 Å². The topological polar surface area (TPSA) is 105 Å². The van der Waals surface area contributed by atoms with Crippen molar-refractivity contribution in [2.45, 2.75) is 25.2 Å². The summed E-state index contributed by atoms with van der Waals surface area (Å²) in [6.45, 7) is 3.62. The summed E-state index contributed by atoms with van der Waals surface area (Å²) in [5.41, 5.74) is 1.86. The van der Waals surface area contributed by atoms with Gasteiger partial charge in [-0.1, -0.05) is 18.9 Å². The van der Waals surface area contributed by atoms with Crippen LogP contribution in [0, 0.1) is 25.1 Å². The number of rotatable bonds is 9. The van der Waals surface area contributed by atoms with Crippen LogP contribution in [0.2, 0.25) is 0 Å². The number of aromatic nitrogens is 2. The van der Waals surface area contributed by atoms with Gasteiger partial charge in [-0.15, -0.1) is 6.42 Å². The highest BCUT2D eigenvalue weighted by Gasteiger charge is 2.13. The molecule has 33 heavy (non-hydrogen) atoms. The molecule has 0 bridgehead atoms. The van der Waals surface area contributed by atoms with Crippen molar-refractivity contribution in [1.29, 1.82) is 0 Å². The van der Waals surface area contributed by atoms with Gasteiger partial charge in [0.15, 0.2) is 22.6 Å². The average molecular weight is 468 g/mol. The molecule has 0 saturated carbocycles. The molecular weight excluding hydrogens is 445 g/mol. The van der Waals surface area contributed by atoms with Gasteiger partial charge in [0.25, 0.3) is 0 Å². The summed E-state index contributed by atoms with van der Waals surface area (Å²) < 4.78 is 34.5. The van der Waals surface area contributed by atoms with Crippen LogP contribution in [0.25, 0.3) is 0 Å². The van der Waals surface area contributed by atoms with Crippen LogP contribution in [0.4, 0.5) is 27.5 Å². The first kappa shape index (κ1) is 23.7. The summed E-state index contributed by atoms with van der Waals surface area (Å²) in [4.78, 5) is 20.2. The number of anilines is 4. The molecule has 10 heteroatoms. The Hall–Kier alpha value is -3.97. The summed E-state index contributed by atoms with van der Waals surface area (Å²) in [6, 6.07) is 11.9. The Kier molecular flexibility index (Phi) is 7.94. The minimum absolute atomic E-state index is 0.0316. The monoisotopic (exact) mass is 467 g/mol. The molecule has 0 spiro atoms. The normalized spacial score (nSPS) is 11.2. The van der Waals surface area contributed by atoms with E-state index in [4.69, 9.17) is 11.2 Å². The standard InChI is InChI=1S/C23H22FN5O3S/c1-4-12-32-18-10-8-16(9-11-18)26-22-19(24)14-25-23(28-22)27-17-7-6-15(3)20(13-17)33(31)29-21(30)5-2/h1,6-11,13-14H,5,12H2,2-3H3,(H,29,30)(H2,25,26,27,28). The molecule has 8 nitrogen and oxygen atoms in total. The Bertz CT molecular complexity index is 1210. The third kappa shape index (κ3) is 6.51. The maximum absolute atomic E-state index is 14.3. The minimum Gasteiger partial charge on any atom is -0.481 e. The Morgan fingerprint density at radius 2 is 1.91 bits per heavy atom. The number of ether oxygens (including phenoxy) is 1. The number of hydrogen-bond acceptors (Lipinski definition) is 7. The van der Waals surface area contributed by atoms with Crippen molar-refractivity contribution in [3.8, 4) is 18.1 Å². The highest BCUT2D eigenvalue weighted by Crippen LogP contribution is 2.24. The fourth-order valence-corrected chi connectivity index (χ4v) is 3.70. The molecule has 170 valence electrons. The lowest BCUT2D eigenvalue weighted by molar-refractivity contribution is -0.118. The zero-order valence-electron chi connectivity index (χ0n) is 18.0. The van der Waals surface area contributed by atoms with Gasteiger partial charge in [0.05, 0.1) is 11.1 Å². The summed E-state index contributed by atoms with van der Waals surface area (Å²) in [6.07, 6.45) is 6.43. The van der Waals surface area contributed by atoms with Crippen LogP contribution < -0.4 is 20.1 Å². The number of amides is 1. The van der Waals surface area contributed by atoms with Crippen molar-refractivity contribution in [2.24, 2.45) is 0 Å². The second-order valence-electron chi connectivity index (χ2n) is 6.79. The van der Waals surface area contributed by atoms with E-state index in [0.717, 1.165) is 11.8 Å². The Morgan fingerprint density at radius 3 is 2.61 bits per heavy atom. The zero-order valence-corrected chi connectivity index (χ0v) is 18.8. The fourth-order valence-electron chi connectivity index (χ4n) is 2.65. The van der Waals surface area contributed by atoms with Crippen LogP contribution >= 0.6 is 0 Å². The number of nitrogens with zero attached hydrogens (tertiary/aromatic N) is 2. The van der Waals surface area contributed by atoms with Crippen molar-refractivity contribution in [3.05, 3.63) is 60.0 Å². The first-order valence-corrected chi connectivity index (χ1v) is 11.1. The molecule has 0 fully saturated rings. The SMILES string of the molecule is C#CCOc1ccc(Nc2nc(Nc3ccc(C)c(S(=O)NC(=O)CC)c3)ncc2F)cc1. The predicted octanol–water partition coefficient (Wildman–Crippen LogP) is 3.97. The van der Waals surface area contributed by atoms with Crippen molar-refractivity contribution < 1.29 is 18.1 Å². The van der Waals surface area contributed by atoms with Gasteiger partial charge in [-0.25, -0.2) is 13.6 Å². The molecule has 1 heterocycles. The molecule has 1 amide bonds. The smallest absolute Gasteiger partial charge is 0.231 e. The maximum Gasteiger partial charge on any atom is 0.231 e. The van der Waals surface area contributed by atoms with Gasteiger partial charge in [-0.3, -0.25) is 9.52 Å². The van der Waals surface area contributed by atoms with Gasteiger partial charge in [-0.2, -0.15) is 4.98 Å². The first-order chi connectivity index (χ1) is 15.9. The number of halogens is 1. The molecule has 2 aromatic carbocycles. The van der Waals surface area contributed by atoms with Gasteiger partial charge >= 0.3 is 0 Å². The number of aryl methyl sites for hydroxylation is 1. The molecule has 1 atom stereocenters. The number of terminal acetylenes is 1. The zero-order chi connectivity index (χ0) is 23.8. The first-order valence-electron chi connectivity index (χ1n) is 9.94. The minimum atomic E-state index is -1.71. The average Bonchev–Trinajstić information content (AvgIpc) is 2.81. The Labute approximate surface area is 193 Å². The molecule has 1 unspecified atom stereocenters. The molecule has 0 aliphatic heterocycles. The van der Waals surface area contributed by atoms with Gasteiger partial charge in [0.1, 0.15) is 12.4 Å². The number of carbonyl (C=O) groups is 1. The lowest BCUT2D eigenvalue weighted by Gasteiger charge is -2.12. The predicted molar refractivity (Wildman–Crippen MR) is 125 cm³/mol. The van der Waals surface area contributed by atoms with E-state index in [9.17, 15) is 13.4 Å². The fraction of sp³-hybridized carbons (Fsp3) is 0.174. The van der Waals surface area contributed by atoms with Crippen LogP contribution in [0.3, 0.4) is 0 Å². The van der Waals surface area contributed by atoms with Gasteiger partial charge < -0.3 is 15.4 Å². The Morgan fingerprint density at radius 1 is 1.18 bits per heavy atom. The number of carbonyl (C=O) groups excluding carboxylic acids is 1. The number of nitrogens with one attached hydrogen (secondary N) is 3. The number of hydrogen-bond donors (Lipinski definition) is 3. The molecule has 0 aliphatic rings. The Balaban J connectivity index is 1.76. The lowest BCUT2D eigenvalue weighted by atomic mass is 10.2. The summed E-state index contributed by atoms with van der Waals surface area (Å²) >= 11 is 0. The quantitative estimate of drug-likeness (QED) is 0.409. The van der Waals surface area contributed by atoms with E-state index in [2.05, 4.69) is 31.2 Å². The van der Waals surface area contributed by atoms with Gasteiger partial charge in [0, 0.05) is 17.8 Å². The van der Waals surface area contributed by atoms with Crippen molar-refractivity contribution in [2.75, 3.05) is 17.2 Å². The maximum atomic E-state index is 14.3. The van der Waals surface area contributed by atoms with E-state index < -0.39 is 16.8 Å². The lowest BCUT2D eigenvalue weighted by Crippen LogP contribution is -2.25. The molecule has 3 rings (SSSR count). The molecule has 1 aromatic heterocycles. The molecular formula is C23H22FN5O3S. The second-order valence-corrected chi connectivity index (χ2v) is 7.97. The highest BCUT2D eigenvalue weighted by molar-refractivity contribution is 7.83. The van der Waals surface area contributed by atoms with Crippen LogP contribution in [0.1, 0.15) is 18.9 Å². The van der Waals surface area contributed by atoms with E-state index >= 15 is 0 Å².